The number of likely N-dealkylation sites (N-methyl/N-ethyl adjacent to an activating group) is 1. The van der Waals surface area contributed by atoms with Gasteiger partial charge in [0.2, 0.25) is 0 Å². The Morgan fingerprint density at radius 3 is 2.79 bits per heavy atom. The Morgan fingerprint density at radius 2 is 2.14 bits per heavy atom. The van der Waals surface area contributed by atoms with Crippen molar-refractivity contribution >= 4 is 0 Å². The zero-order valence-corrected chi connectivity index (χ0v) is 9.92. The molecule has 1 rings (SSSR count). The quantitative estimate of drug-likeness (QED) is 0.655. The average molecular weight is 199 g/mol. The number of hydrogen-bond donors (Lipinski definition) is 1. The maximum atomic E-state index is 3.37. The minimum absolute atomic E-state index is 0.725. The lowest BCUT2D eigenvalue weighted by atomic mass is 10.2. The van der Waals surface area contributed by atoms with Gasteiger partial charge in [0.1, 0.15) is 0 Å². The van der Waals surface area contributed by atoms with Crippen molar-refractivity contribution in [1.29, 1.82) is 0 Å². The first-order valence-corrected chi connectivity index (χ1v) is 5.87. The summed E-state index contributed by atoms with van der Waals surface area (Å²) in [5, 5.41) is 3.37. The molecule has 0 bridgehead atoms. The molecular formula is C11H25N3. The van der Waals surface area contributed by atoms with Crippen molar-refractivity contribution in [1.82, 2.24) is 15.1 Å². The van der Waals surface area contributed by atoms with Gasteiger partial charge in [-0.15, -0.1) is 0 Å². The lowest BCUT2D eigenvalue weighted by Crippen LogP contribution is -2.50. The second-order valence-corrected chi connectivity index (χ2v) is 4.34. The molecule has 14 heavy (non-hydrogen) atoms. The molecule has 3 nitrogen and oxygen atoms in total. The first-order valence-electron chi connectivity index (χ1n) is 5.87. The Labute approximate surface area is 88.5 Å². The van der Waals surface area contributed by atoms with E-state index in [0.29, 0.717) is 0 Å². The van der Waals surface area contributed by atoms with Crippen LogP contribution in [0.4, 0.5) is 0 Å². The molecule has 1 aliphatic rings. The number of hydrogen-bond acceptors (Lipinski definition) is 3. The first kappa shape index (κ1) is 12.0. The smallest absolute Gasteiger partial charge is 0.0192 e. The molecule has 1 unspecified atom stereocenters. The van der Waals surface area contributed by atoms with E-state index >= 15 is 0 Å². The first-order chi connectivity index (χ1) is 6.74. The molecule has 1 aliphatic heterocycles. The van der Waals surface area contributed by atoms with Crippen LogP contribution in [-0.4, -0.2) is 62.2 Å². The Kier molecular flexibility index (Phi) is 5.45. The van der Waals surface area contributed by atoms with E-state index in [1.807, 2.05) is 0 Å². The molecule has 1 heterocycles. The van der Waals surface area contributed by atoms with Crippen LogP contribution in [0.5, 0.6) is 0 Å². The molecule has 0 radical (unpaired) electrons. The summed E-state index contributed by atoms with van der Waals surface area (Å²) in [6.45, 7) is 11.7. The molecule has 0 amide bonds. The number of nitrogens with zero attached hydrogens (tertiary/aromatic N) is 2. The molecule has 3 heteroatoms. The Balaban J connectivity index is 2.07. The molecule has 0 aromatic heterocycles. The predicted octanol–water partition coefficient (Wildman–Crippen LogP) is 0.622. The van der Waals surface area contributed by atoms with E-state index < -0.39 is 0 Å². The third kappa shape index (κ3) is 3.95. The highest BCUT2D eigenvalue weighted by Crippen LogP contribution is 2.06. The van der Waals surface area contributed by atoms with Gasteiger partial charge < -0.3 is 15.1 Å². The van der Waals surface area contributed by atoms with Crippen molar-refractivity contribution in [2.24, 2.45) is 0 Å². The normalized spacial score (nSPS) is 25.5. The van der Waals surface area contributed by atoms with Gasteiger partial charge in [-0.2, -0.15) is 0 Å². The van der Waals surface area contributed by atoms with Gasteiger partial charge in [0.25, 0.3) is 0 Å². The standard InChI is InChI=1S/C11H25N3/c1-4-12-6-5-7-14-9-8-13(3)11(2)10-14/h11-12H,4-10H2,1-3H3. The van der Waals surface area contributed by atoms with Crippen LogP contribution in [0.1, 0.15) is 20.3 Å². The summed E-state index contributed by atoms with van der Waals surface area (Å²) < 4.78 is 0. The van der Waals surface area contributed by atoms with Gasteiger partial charge in [0.15, 0.2) is 0 Å². The summed E-state index contributed by atoms with van der Waals surface area (Å²) >= 11 is 0. The highest BCUT2D eigenvalue weighted by atomic mass is 15.3. The third-order valence-corrected chi connectivity index (χ3v) is 3.12. The highest BCUT2D eigenvalue weighted by molar-refractivity contribution is 4.76. The molecule has 0 saturated carbocycles. The minimum atomic E-state index is 0.725. The summed E-state index contributed by atoms with van der Waals surface area (Å²) in [4.78, 5) is 5.03. The van der Waals surface area contributed by atoms with E-state index in [2.05, 4.69) is 36.0 Å². The van der Waals surface area contributed by atoms with Gasteiger partial charge in [-0.05, 0) is 40.0 Å². The molecule has 1 fully saturated rings. The van der Waals surface area contributed by atoms with Crippen LogP contribution in [0.15, 0.2) is 0 Å². The van der Waals surface area contributed by atoms with E-state index in [1.165, 1.54) is 32.6 Å². The summed E-state index contributed by atoms with van der Waals surface area (Å²) in [5.41, 5.74) is 0. The SMILES string of the molecule is CCNCCCN1CCN(C)C(C)C1. The minimum Gasteiger partial charge on any atom is -0.317 e. The summed E-state index contributed by atoms with van der Waals surface area (Å²) in [6, 6.07) is 0.725. The van der Waals surface area contributed by atoms with Gasteiger partial charge in [-0.1, -0.05) is 6.92 Å². The molecular weight excluding hydrogens is 174 g/mol. The van der Waals surface area contributed by atoms with Crippen LogP contribution in [-0.2, 0) is 0 Å². The average Bonchev–Trinajstić information content (AvgIpc) is 2.18. The van der Waals surface area contributed by atoms with Crippen molar-refractivity contribution in [3.8, 4) is 0 Å². The molecule has 0 aromatic rings. The van der Waals surface area contributed by atoms with Crippen LogP contribution in [0.25, 0.3) is 0 Å². The van der Waals surface area contributed by atoms with E-state index in [1.54, 1.807) is 0 Å². The molecule has 0 spiro atoms. The van der Waals surface area contributed by atoms with E-state index in [-0.39, 0.29) is 0 Å². The van der Waals surface area contributed by atoms with Crippen LogP contribution < -0.4 is 5.32 Å². The molecule has 1 saturated heterocycles. The van der Waals surface area contributed by atoms with E-state index in [0.717, 1.165) is 19.1 Å². The Hall–Kier alpha value is -0.120. The number of piperazine rings is 1. The molecule has 0 aliphatic carbocycles. The lowest BCUT2D eigenvalue weighted by Gasteiger charge is -2.37. The highest BCUT2D eigenvalue weighted by Gasteiger charge is 2.19. The van der Waals surface area contributed by atoms with Gasteiger partial charge in [0.05, 0.1) is 0 Å². The number of nitrogens with one attached hydrogen (secondary N) is 1. The van der Waals surface area contributed by atoms with E-state index in [4.69, 9.17) is 0 Å². The molecule has 1 N–H and O–H groups in total. The zero-order chi connectivity index (χ0) is 10.4. The van der Waals surface area contributed by atoms with Crippen LogP contribution in [0.2, 0.25) is 0 Å². The second-order valence-electron chi connectivity index (χ2n) is 4.34. The van der Waals surface area contributed by atoms with Gasteiger partial charge in [0, 0.05) is 25.7 Å². The maximum absolute atomic E-state index is 3.37. The van der Waals surface area contributed by atoms with Crippen LogP contribution in [0, 0.1) is 0 Å². The number of rotatable bonds is 5. The summed E-state index contributed by atoms with van der Waals surface area (Å²) in [6.07, 6.45) is 1.28. The Bertz CT molecular complexity index is 149. The second kappa shape index (κ2) is 6.38. The third-order valence-electron chi connectivity index (χ3n) is 3.12. The van der Waals surface area contributed by atoms with Gasteiger partial charge in [-0.3, -0.25) is 0 Å². The zero-order valence-electron chi connectivity index (χ0n) is 9.92. The van der Waals surface area contributed by atoms with Crippen LogP contribution >= 0.6 is 0 Å². The van der Waals surface area contributed by atoms with Crippen molar-refractivity contribution in [2.75, 3.05) is 46.3 Å². The van der Waals surface area contributed by atoms with E-state index in [9.17, 15) is 0 Å². The predicted molar refractivity (Wildman–Crippen MR) is 61.7 cm³/mol. The largest absolute Gasteiger partial charge is 0.317 e. The van der Waals surface area contributed by atoms with Gasteiger partial charge >= 0.3 is 0 Å². The lowest BCUT2D eigenvalue weighted by molar-refractivity contribution is 0.104. The molecule has 0 aromatic carbocycles. The van der Waals surface area contributed by atoms with Crippen molar-refractivity contribution < 1.29 is 0 Å². The van der Waals surface area contributed by atoms with Crippen molar-refractivity contribution in [3.05, 3.63) is 0 Å². The fourth-order valence-corrected chi connectivity index (χ4v) is 1.93. The topological polar surface area (TPSA) is 18.5 Å². The fourth-order valence-electron chi connectivity index (χ4n) is 1.93. The fraction of sp³-hybridized carbons (Fsp3) is 1.00. The molecule has 1 atom stereocenters. The van der Waals surface area contributed by atoms with Crippen LogP contribution in [0.3, 0.4) is 0 Å². The monoisotopic (exact) mass is 199 g/mol. The molecule has 84 valence electrons. The Morgan fingerprint density at radius 1 is 1.36 bits per heavy atom. The summed E-state index contributed by atoms with van der Waals surface area (Å²) in [5.74, 6) is 0. The summed E-state index contributed by atoms with van der Waals surface area (Å²) in [7, 11) is 2.22. The van der Waals surface area contributed by atoms with Crippen molar-refractivity contribution in [2.45, 2.75) is 26.3 Å². The van der Waals surface area contributed by atoms with Crippen molar-refractivity contribution in [3.63, 3.8) is 0 Å². The maximum Gasteiger partial charge on any atom is 0.0192 e. The van der Waals surface area contributed by atoms with Gasteiger partial charge in [-0.25, -0.2) is 0 Å².